The Morgan fingerprint density at radius 3 is 2.88 bits per heavy atom. The van der Waals surface area contributed by atoms with Crippen molar-refractivity contribution in [3.8, 4) is 0 Å². The van der Waals surface area contributed by atoms with Crippen LogP contribution in [0.25, 0.3) is 0 Å². The van der Waals surface area contributed by atoms with Crippen LogP contribution in [0.4, 0.5) is 11.6 Å². The number of hydrogen-bond acceptors (Lipinski definition) is 4. The molecule has 1 saturated heterocycles. The summed E-state index contributed by atoms with van der Waals surface area (Å²) in [5.41, 5.74) is 0. The topological polar surface area (TPSA) is 46.2 Å². The summed E-state index contributed by atoms with van der Waals surface area (Å²) in [4.78, 5) is 4.49. The van der Waals surface area contributed by atoms with E-state index in [0.717, 1.165) is 44.2 Å². The molecule has 2 N–H and O–H groups in total. The van der Waals surface area contributed by atoms with Gasteiger partial charge in [0.2, 0.25) is 0 Å². The molecule has 2 heterocycles. The molecule has 0 spiro atoms. The van der Waals surface area contributed by atoms with Crippen LogP contribution in [0.3, 0.4) is 0 Å². The van der Waals surface area contributed by atoms with E-state index in [4.69, 9.17) is 4.74 Å². The Bertz CT molecular complexity index is 337. The Morgan fingerprint density at radius 2 is 2.18 bits per heavy atom. The zero-order chi connectivity index (χ0) is 11.9. The second-order valence-electron chi connectivity index (χ2n) is 4.35. The first-order valence-electron chi connectivity index (χ1n) is 6.45. The summed E-state index contributed by atoms with van der Waals surface area (Å²) < 4.78 is 5.56. The van der Waals surface area contributed by atoms with Crippen LogP contribution in [-0.4, -0.2) is 30.8 Å². The van der Waals surface area contributed by atoms with Gasteiger partial charge in [-0.25, -0.2) is 4.98 Å². The van der Waals surface area contributed by atoms with E-state index in [-0.39, 0.29) is 0 Å². The Kier molecular flexibility index (Phi) is 4.62. The molecule has 1 fully saturated rings. The zero-order valence-electron chi connectivity index (χ0n) is 10.4. The van der Waals surface area contributed by atoms with Gasteiger partial charge in [0.15, 0.2) is 0 Å². The lowest BCUT2D eigenvalue weighted by Crippen LogP contribution is -2.19. The first kappa shape index (κ1) is 12.2. The average molecular weight is 235 g/mol. The van der Waals surface area contributed by atoms with E-state index in [0.29, 0.717) is 6.10 Å². The van der Waals surface area contributed by atoms with Gasteiger partial charge in [0.25, 0.3) is 0 Å². The number of ether oxygens (including phenoxy) is 1. The van der Waals surface area contributed by atoms with E-state index in [9.17, 15) is 0 Å². The fraction of sp³-hybridized carbons (Fsp3) is 0.615. The Hall–Kier alpha value is -1.29. The largest absolute Gasteiger partial charge is 0.376 e. The third-order valence-corrected chi connectivity index (χ3v) is 2.84. The highest BCUT2D eigenvalue weighted by atomic mass is 16.5. The molecule has 17 heavy (non-hydrogen) atoms. The molecule has 94 valence electrons. The molecule has 0 aliphatic carbocycles. The van der Waals surface area contributed by atoms with Crippen molar-refractivity contribution >= 4 is 11.6 Å². The number of pyridine rings is 1. The van der Waals surface area contributed by atoms with Crippen molar-refractivity contribution in [2.24, 2.45) is 0 Å². The van der Waals surface area contributed by atoms with Crippen molar-refractivity contribution in [3.05, 3.63) is 18.2 Å². The van der Waals surface area contributed by atoms with Gasteiger partial charge in [0, 0.05) is 19.7 Å². The molecular formula is C13H21N3O. The molecule has 4 nitrogen and oxygen atoms in total. The maximum Gasteiger partial charge on any atom is 0.128 e. The number of nitrogens with one attached hydrogen (secondary N) is 2. The highest BCUT2D eigenvalue weighted by Gasteiger charge is 2.14. The highest BCUT2D eigenvalue weighted by molar-refractivity contribution is 5.45. The smallest absolute Gasteiger partial charge is 0.128 e. The van der Waals surface area contributed by atoms with E-state index >= 15 is 0 Å². The van der Waals surface area contributed by atoms with Crippen LogP contribution in [0.1, 0.15) is 26.2 Å². The number of nitrogens with zero attached hydrogens (tertiary/aromatic N) is 1. The van der Waals surface area contributed by atoms with Gasteiger partial charge in [-0.15, -0.1) is 0 Å². The normalized spacial score (nSPS) is 19.2. The Labute approximate surface area is 103 Å². The maximum absolute atomic E-state index is 5.56. The maximum atomic E-state index is 5.56. The van der Waals surface area contributed by atoms with Crippen LogP contribution in [0.2, 0.25) is 0 Å². The lowest BCUT2D eigenvalue weighted by molar-refractivity contribution is 0.120. The van der Waals surface area contributed by atoms with Crippen LogP contribution in [0, 0.1) is 0 Å². The quantitative estimate of drug-likeness (QED) is 0.795. The Balaban J connectivity index is 1.82. The zero-order valence-corrected chi connectivity index (χ0v) is 10.4. The van der Waals surface area contributed by atoms with Crippen LogP contribution < -0.4 is 10.6 Å². The lowest BCUT2D eigenvalue weighted by atomic mass is 10.2. The number of hydrogen-bond donors (Lipinski definition) is 2. The summed E-state index contributed by atoms with van der Waals surface area (Å²) in [5.74, 6) is 1.85. The van der Waals surface area contributed by atoms with Crippen LogP contribution >= 0.6 is 0 Å². The van der Waals surface area contributed by atoms with Crippen molar-refractivity contribution < 1.29 is 4.74 Å². The van der Waals surface area contributed by atoms with E-state index in [1.165, 1.54) is 6.42 Å². The molecule has 2 rings (SSSR count). The third-order valence-electron chi connectivity index (χ3n) is 2.84. The van der Waals surface area contributed by atoms with E-state index in [2.05, 4.69) is 22.5 Å². The van der Waals surface area contributed by atoms with Crippen molar-refractivity contribution in [1.29, 1.82) is 0 Å². The molecule has 1 aliphatic heterocycles. The predicted octanol–water partition coefficient (Wildman–Crippen LogP) is 2.49. The molecular weight excluding hydrogens is 214 g/mol. The predicted molar refractivity (Wildman–Crippen MR) is 70.5 cm³/mol. The van der Waals surface area contributed by atoms with Crippen molar-refractivity contribution in [1.82, 2.24) is 4.98 Å². The molecule has 1 unspecified atom stereocenters. The van der Waals surface area contributed by atoms with E-state index < -0.39 is 0 Å². The molecule has 0 aromatic carbocycles. The number of anilines is 2. The van der Waals surface area contributed by atoms with Crippen LogP contribution in [0.15, 0.2) is 18.2 Å². The molecule has 0 bridgehead atoms. The second kappa shape index (κ2) is 6.45. The average Bonchev–Trinajstić information content (AvgIpc) is 2.87. The van der Waals surface area contributed by atoms with Crippen LogP contribution in [-0.2, 0) is 4.74 Å². The summed E-state index contributed by atoms with van der Waals surface area (Å²) >= 11 is 0. The first-order valence-corrected chi connectivity index (χ1v) is 6.45. The van der Waals surface area contributed by atoms with Gasteiger partial charge in [-0.05, 0) is 31.4 Å². The van der Waals surface area contributed by atoms with E-state index in [1.807, 2.05) is 18.2 Å². The fourth-order valence-corrected chi connectivity index (χ4v) is 1.91. The SMILES string of the molecule is CCCNc1cccc(NCC2CCCO2)n1. The summed E-state index contributed by atoms with van der Waals surface area (Å²) in [6, 6.07) is 6.00. The number of aromatic nitrogens is 1. The molecule has 0 amide bonds. The number of rotatable bonds is 6. The van der Waals surface area contributed by atoms with E-state index in [1.54, 1.807) is 0 Å². The Morgan fingerprint density at radius 1 is 1.35 bits per heavy atom. The second-order valence-corrected chi connectivity index (χ2v) is 4.35. The standard InChI is InChI=1S/C13H21N3O/c1-2-8-14-12-6-3-7-13(16-12)15-10-11-5-4-9-17-11/h3,6-7,11H,2,4-5,8-10H2,1H3,(H2,14,15,16). The highest BCUT2D eigenvalue weighted by Crippen LogP contribution is 2.14. The van der Waals surface area contributed by atoms with Crippen molar-refractivity contribution in [3.63, 3.8) is 0 Å². The summed E-state index contributed by atoms with van der Waals surface area (Å²) in [7, 11) is 0. The molecule has 1 aromatic heterocycles. The van der Waals surface area contributed by atoms with Gasteiger partial charge in [0.05, 0.1) is 6.10 Å². The van der Waals surface area contributed by atoms with Gasteiger partial charge >= 0.3 is 0 Å². The molecule has 1 aliphatic rings. The van der Waals surface area contributed by atoms with Crippen LogP contribution in [0.5, 0.6) is 0 Å². The molecule has 0 saturated carbocycles. The van der Waals surface area contributed by atoms with Gasteiger partial charge < -0.3 is 15.4 Å². The third kappa shape index (κ3) is 3.89. The molecule has 4 heteroatoms. The van der Waals surface area contributed by atoms with Gasteiger partial charge in [-0.2, -0.15) is 0 Å². The fourth-order valence-electron chi connectivity index (χ4n) is 1.91. The minimum absolute atomic E-state index is 0.351. The van der Waals surface area contributed by atoms with Crippen molar-refractivity contribution in [2.45, 2.75) is 32.3 Å². The summed E-state index contributed by atoms with van der Waals surface area (Å²) in [6.07, 6.45) is 3.79. The molecule has 0 radical (unpaired) electrons. The summed E-state index contributed by atoms with van der Waals surface area (Å²) in [5, 5.41) is 6.61. The summed E-state index contributed by atoms with van der Waals surface area (Å²) in [6.45, 7) is 4.86. The van der Waals surface area contributed by atoms with Gasteiger partial charge in [-0.3, -0.25) is 0 Å². The minimum atomic E-state index is 0.351. The monoisotopic (exact) mass is 235 g/mol. The molecule has 1 aromatic rings. The minimum Gasteiger partial charge on any atom is -0.376 e. The molecule has 1 atom stereocenters. The van der Waals surface area contributed by atoms with Gasteiger partial charge in [-0.1, -0.05) is 13.0 Å². The van der Waals surface area contributed by atoms with Gasteiger partial charge in [0.1, 0.15) is 11.6 Å². The van der Waals surface area contributed by atoms with Crippen molar-refractivity contribution in [2.75, 3.05) is 30.3 Å². The lowest BCUT2D eigenvalue weighted by Gasteiger charge is -2.12. The first-order chi connectivity index (χ1) is 8.38.